The first-order valence-corrected chi connectivity index (χ1v) is 9.02. The maximum Gasteiger partial charge on any atom is 0.288 e. The second kappa shape index (κ2) is 9.27. The number of nitrogens with zero attached hydrogens (tertiary/aromatic N) is 1. The quantitative estimate of drug-likeness (QED) is 0.461. The molecule has 0 spiro atoms. The van der Waals surface area contributed by atoms with E-state index in [-0.39, 0.29) is 5.69 Å². The van der Waals surface area contributed by atoms with Gasteiger partial charge in [0, 0.05) is 11.5 Å². The first-order chi connectivity index (χ1) is 14.0. The van der Waals surface area contributed by atoms with Crippen molar-refractivity contribution in [2.45, 2.75) is 13.0 Å². The van der Waals surface area contributed by atoms with Crippen LogP contribution in [0.5, 0.6) is 0 Å². The number of amides is 3. The van der Waals surface area contributed by atoms with Gasteiger partial charge in [-0.2, -0.15) is 0 Å². The van der Waals surface area contributed by atoms with Crippen LogP contribution in [0.3, 0.4) is 0 Å². The maximum atomic E-state index is 12.2. The lowest BCUT2D eigenvalue weighted by atomic mass is 10.2. The van der Waals surface area contributed by atoms with Gasteiger partial charge in [0.25, 0.3) is 11.8 Å². The summed E-state index contributed by atoms with van der Waals surface area (Å²) in [6, 6.07) is 19.2. The number of fused-ring (bicyclic) bond motifs is 1. The first kappa shape index (κ1) is 19.8. The van der Waals surface area contributed by atoms with Gasteiger partial charge in [-0.1, -0.05) is 54.6 Å². The third-order valence-electron chi connectivity index (χ3n) is 4.11. The number of carbonyl (C=O) groups excluding carboxylic acids is 3. The third-order valence-corrected chi connectivity index (χ3v) is 4.11. The van der Waals surface area contributed by atoms with Crippen molar-refractivity contribution in [3.05, 3.63) is 84.1 Å². The smallest absolute Gasteiger partial charge is 0.288 e. The summed E-state index contributed by atoms with van der Waals surface area (Å²) in [5, 5.41) is 3.44. The summed E-state index contributed by atoms with van der Waals surface area (Å²) in [4.78, 5) is 40.5. The average molecular weight is 388 g/mol. The minimum absolute atomic E-state index is 0.173. The van der Waals surface area contributed by atoms with Crippen molar-refractivity contribution in [2.24, 2.45) is 0 Å². The van der Waals surface area contributed by atoms with E-state index in [1.54, 1.807) is 24.3 Å². The summed E-state index contributed by atoms with van der Waals surface area (Å²) in [6.45, 7) is 1.52. The van der Waals surface area contributed by atoms with E-state index in [0.717, 1.165) is 10.9 Å². The second-order valence-corrected chi connectivity index (χ2v) is 6.31. The molecule has 7 nitrogen and oxygen atoms in total. The molecule has 1 atom stereocenters. The highest BCUT2D eigenvalue weighted by Gasteiger charge is 2.16. The van der Waals surface area contributed by atoms with E-state index in [9.17, 15) is 14.4 Å². The van der Waals surface area contributed by atoms with Gasteiger partial charge in [0.1, 0.15) is 11.7 Å². The SMILES string of the molecule is CC(NC(=O)/C=C/c1ccccc1)C(=O)NNC(=O)c1ccc2ccccc2n1. The molecule has 0 bridgehead atoms. The van der Waals surface area contributed by atoms with E-state index in [1.807, 2.05) is 48.5 Å². The molecule has 3 rings (SSSR count). The van der Waals surface area contributed by atoms with Crippen LogP contribution in [0.1, 0.15) is 23.0 Å². The zero-order valence-corrected chi connectivity index (χ0v) is 15.8. The molecule has 0 saturated carbocycles. The fraction of sp³-hybridized carbons (Fsp3) is 0.0909. The van der Waals surface area contributed by atoms with Crippen LogP contribution in [0.4, 0.5) is 0 Å². The van der Waals surface area contributed by atoms with E-state index in [1.165, 1.54) is 13.0 Å². The average Bonchev–Trinajstić information content (AvgIpc) is 2.76. The van der Waals surface area contributed by atoms with Crippen molar-refractivity contribution in [1.82, 2.24) is 21.2 Å². The fourth-order valence-electron chi connectivity index (χ4n) is 2.55. The number of para-hydroxylation sites is 1. The van der Waals surface area contributed by atoms with Crippen LogP contribution in [0.25, 0.3) is 17.0 Å². The molecule has 1 unspecified atom stereocenters. The van der Waals surface area contributed by atoms with Crippen LogP contribution in [0.2, 0.25) is 0 Å². The number of hydrazine groups is 1. The van der Waals surface area contributed by atoms with Crippen molar-refractivity contribution in [3.8, 4) is 0 Å². The molecule has 2 aromatic carbocycles. The van der Waals surface area contributed by atoms with Crippen molar-refractivity contribution >= 4 is 34.7 Å². The summed E-state index contributed by atoms with van der Waals surface area (Å²) < 4.78 is 0. The highest BCUT2D eigenvalue weighted by molar-refractivity contribution is 5.98. The van der Waals surface area contributed by atoms with E-state index in [2.05, 4.69) is 21.2 Å². The van der Waals surface area contributed by atoms with Crippen LogP contribution in [0, 0.1) is 0 Å². The van der Waals surface area contributed by atoms with Crippen LogP contribution in [0.15, 0.2) is 72.8 Å². The summed E-state index contributed by atoms with van der Waals surface area (Å²) in [5.41, 5.74) is 6.32. The van der Waals surface area contributed by atoms with Gasteiger partial charge in [0.05, 0.1) is 5.52 Å². The number of nitrogens with one attached hydrogen (secondary N) is 3. The predicted molar refractivity (Wildman–Crippen MR) is 110 cm³/mol. The minimum atomic E-state index is -0.840. The summed E-state index contributed by atoms with van der Waals surface area (Å²) in [5.74, 6) is -1.52. The van der Waals surface area contributed by atoms with E-state index in [0.29, 0.717) is 5.52 Å². The van der Waals surface area contributed by atoms with Gasteiger partial charge in [0.15, 0.2) is 0 Å². The van der Waals surface area contributed by atoms with Crippen molar-refractivity contribution < 1.29 is 14.4 Å². The Bertz CT molecular complexity index is 1060. The Kier molecular flexibility index (Phi) is 6.32. The Balaban J connectivity index is 1.50. The normalized spacial score (nSPS) is 11.8. The molecule has 1 heterocycles. The zero-order chi connectivity index (χ0) is 20.6. The Morgan fingerprint density at radius 1 is 0.897 bits per heavy atom. The van der Waals surface area contributed by atoms with E-state index < -0.39 is 23.8 Å². The Labute approximate surface area is 167 Å². The molecule has 0 aliphatic carbocycles. The molecule has 3 amide bonds. The molecule has 0 aliphatic rings. The number of aromatic nitrogens is 1. The summed E-state index contributed by atoms with van der Waals surface area (Å²) in [6.07, 6.45) is 2.99. The van der Waals surface area contributed by atoms with Gasteiger partial charge in [-0.05, 0) is 30.7 Å². The summed E-state index contributed by atoms with van der Waals surface area (Å²) in [7, 11) is 0. The molecule has 1 aromatic heterocycles. The maximum absolute atomic E-state index is 12.2. The first-order valence-electron chi connectivity index (χ1n) is 9.02. The van der Waals surface area contributed by atoms with Crippen LogP contribution in [-0.4, -0.2) is 28.7 Å². The number of pyridine rings is 1. The number of hydrogen-bond acceptors (Lipinski definition) is 4. The van der Waals surface area contributed by atoms with Crippen molar-refractivity contribution in [1.29, 1.82) is 0 Å². The number of benzene rings is 2. The summed E-state index contributed by atoms with van der Waals surface area (Å²) >= 11 is 0. The zero-order valence-electron chi connectivity index (χ0n) is 15.8. The standard InChI is InChI=1S/C22H20N4O3/c1-15(23-20(27)14-11-16-7-3-2-4-8-16)21(28)25-26-22(29)19-13-12-17-9-5-6-10-18(17)24-19/h2-15H,1H3,(H,23,27)(H,25,28)(H,26,29)/b14-11+. The molecule has 146 valence electrons. The van der Waals surface area contributed by atoms with Crippen LogP contribution >= 0.6 is 0 Å². The minimum Gasteiger partial charge on any atom is -0.341 e. The molecular weight excluding hydrogens is 368 g/mol. The van der Waals surface area contributed by atoms with Gasteiger partial charge >= 0.3 is 0 Å². The molecule has 7 heteroatoms. The van der Waals surface area contributed by atoms with Crippen LogP contribution in [-0.2, 0) is 9.59 Å². The Morgan fingerprint density at radius 2 is 1.62 bits per heavy atom. The van der Waals surface area contributed by atoms with Gasteiger partial charge in [-0.15, -0.1) is 0 Å². The molecule has 3 N–H and O–H groups in total. The molecule has 29 heavy (non-hydrogen) atoms. The Morgan fingerprint density at radius 3 is 2.41 bits per heavy atom. The van der Waals surface area contributed by atoms with Gasteiger partial charge in [-0.3, -0.25) is 25.2 Å². The van der Waals surface area contributed by atoms with Gasteiger partial charge in [-0.25, -0.2) is 4.98 Å². The fourth-order valence-corrected chi connectivity index (χ4v) is 2.55. The third kappa shape index (κ3) is 5.49. The van der Waals surface area contributed by atoms with Gasteiger partial charge < -0.3 is 5.32 Å². The second-order valence-electron chi connectivity index (χ2n) is 6.31. The van der Waals surface area contributed by atoms with Crippen molar-refractivity contribution in [2.75, 3.05) is 0 Å². The highest BCUT2D eigenvalue weighted by Crippen LogP contribution is 2.11. The topological polar surface area (TPSA) is 100 Å². The molecule has 0 fully saturated rings. The monoisotopic (exact) mass is 388 g/mol. The van der Waals surface area contributed by atoms with Gasteiger partial charge in [0.2, 0.25) is 5.91 Å². The number of rotatable bonds is 5. The largest absolute Gasteiger partial charge is 0.341 e. The lowest BCUT2D eigenvalue weighted by Gasteiger charge is -2.13. The van der Waals surface area contributed by atoms with Crippen LogP contribution < -0.4 is 16.2 Å². The lowest BCUT2D eigenvalue weighted by molar-refractivity contribution is -0.127. The lowest BCUT2D eigenvalue weighted by Crippen LogP contribution is -2.51. The molecule has 3 aromatic rings. The molecule has 0 saturated heterocycles. The van der Waals surface area contributed by atoms with Crippen molar-refractivity contribution in [3.63, 3.8) is 0 Å². The predicted octanol–water partition coefficient (Wildman–Crippen LogP) is 2.21. The highest BCUT2D eigenvalue weighted by atomic mass is 16.2. The van der Waals surface area contributed by atoms with E-state index in [4.69, 9.17) is 0 Å². The molecule has 0 radical (unpaired) electrons. The number of hydrogen-bond donors (Lipinski definition) is 3. The molecule has 0 aliphatic heterocycles. The molecular formula is C22H20N4O3. The number of carbonyl (C=O) groups is 3. The van der Waals surface area contributed by atoms with E-state index >= 15 is 0 Å². The Hall–Kier alpha value is -4.00.